The molecule has 2 nitrogen and oxygen atoms in total. The van der Waals surface area contributed by atoms with Crippen molar-refractivity contribution in [2.24, 2.45) is 11.8 Å². The minimum atomic E-state index is 0.371. The fraction of sp³-hybridized carbons (Fsp3) is 0.538. The Kier molecular flexibility index (Phi) is 6.03. The molecule has 0 spiro atoms. The van der Waals surface area contributed by atoms with Gasteiger partial charge in [0.1, 0.15) is 0 Å². The molecule has 90 valence electrons. The zero-order chi connectivity index (χ0) is 12.0. The van der Waals surface area contributed by atoms with E-state index in [4.69, 9.17) is 5.84 Å². The summed E-state index contributed by atoms with van der Waals surface area (Å²) in [5, 5.41) is 0. The van der Waals surface area contributed by atoms with Crippen LogP contribution in [-0.2, 0) is 6.42 Å². The van der Waals surface area contributed by atoms with Gasteiger partial charge in [-0.3, -0.25) is 11.3 Å². The van der Waals surface area contributed by atoms with E-state index in [2.05, 4.69) is 59.5 Å². The Morgan fingerprint density at radius 3 is 2.44 bits per heavy atom. The van der Waals surface area contributed by atoms with Crippen LogP contribution in [0.3, 0.4) is 0 Å². The second-order valence-electron chi connectivity index (χ2n) is 4.44. The van der Waals surface area contributed by atoms with E-state index in [1.807, 2.05) is 0 Å². The minimum Gasteiger partial charge on any atom is -0.271 e. The van der Waals surface area contributed by atoms with Crippen molar-refractivity contribution >= 4 is 15.9 Å². The highest BCUT2D eigenvalue weighted by Crippen LogP contribution is 2.15. The third-order valence-electron chi connectivity index (χ3n) is 3.01. The first-order valence-electron chi connectivity index (χ1n) is 5.86. The molecule has 1 aromatic rings. The zero-order valence-corrected chi connectivity index (χ0v) is 11.6. The van der Waals surface area contributed by atoms with Gasteiger partial charge in [0.25, 0.3) is 0 Å². The molecule has 2 unspecified atom stereocenters. The summed E-state index contributed by atoms with van der Waals surface area (Å²) in [4.78, 5) is 0. The standard InChI is InChI=1S/C13H21BrN2/c1-3-10(2)8-13(16-15)9-11-4-6-12(14)7-5-11/h4-7,10,13,16H,3,8-9,15H2,1-2H3. The molecule has 3 heteroatoms. The van der Waals surface area contributed by atoms with E-state index in [0.717, 1.165) is 23.2 Å². The van der Waals surface area contributed by atoms with Crippen molar-refractivity contribution in [2.45, 2.75) is 39.2 Å². The van der Waals surface area contributed by atoms with E-state index in [0.29, 0.717) is 6.04 Å². The number of nitrogens with one attached hydrogen (secondary N) is 1. The molecule has 0 aromatic heterocycles. The minimum absolute atomic E-state index is 0.371. The van der Waals surface area contributed by atoms with Gasteiger partial charge in [0.05, 0.1) is 0 Å². The maximum atomic E-state index is 5.59. The monoisotopic (exact) mass is 284 g/mol. The Bertz CT molecular complexity index is 297. The van der Waals surface area contributed by atoms with Gasteiger partial charge in [0.15, 0.2) is 0 Å². The lowest BCUT2D eigenvalue weighted by Gasteiger charge is -2.19. The Hall–Kier alpha value is -0.380. The first-order chi connectivity index (χ1) is 7.65. The van der Waals surface area contributed by atoms with Gasteiger partial charge >= 0.3 is 0 Å². The third-order valence-corrected chi connectivity index (χ3v) is 3.54. The van der Waals surface area contributed by atoms with Gasteiger partial charge in [-0.05, 0) is 36.5 Å². The van der Waals surface area contributed by atoms with E-state index in [-0.39, 0.29) is 0 Å². The molecule has 0 saturated carbocycles. The quantitative estimate of drug-likeness (QED) is 0.622. The fourth-order valence-corrected chi connectivity index (χ4v) is 2.03. The lowest BCUT2D eigenvalue weighted by molar-refractivity contribution is 0.396. The van der Waals surface area contributed by atoms with Crippen molar-refractivity contribution in [1.29, 1.82) is 0 Å². The molecule has 0 radical (unpaired) electrons. The highest BCUT2D eigenvalue weighted by atomic mass is 79.9. The lowest BCUT2D eigenvalue weighted by Crippen LogP contribution is -2.37. The number of hydrazine groups is 1. The Labute approximate surface area is 107 Å². The first kappa shape index (κ1) is 13.7. The maximum absolute atomic E-state index is 5.59. The number of halogens is 1. The Morgan fingerprint density at radius 1 is 1.31 bits per heavy atom. The molecule has 0 heterocycles. The lowest BCUT2D eigenvalue weighted by atomic mass is 9.95. The van der Waals surface area contributed by atoms with Gasteiger partial charge in [-0.1, -0.05) is 48.3 Å². The van der Waals surface area contributed by atoms with E-state index in [1.165, 1.54) is 12.0 Å². The largest absolute Gasteiger partial charge is 0.271 e. The van der Waals surface area contributed by atoms with Crippen molar-refractivity contribution < 1.29 is 0 Å². The van der Waals surface area contributed by atoms with Crippen LogP contribution >= 0.6 is 15.9 Å². The van der Waals surface area contributed by atoms with Crippen molar-refractivity contribution in [3.05, 3.63) is 34.3 Å². The summed E-state index contributed by atoms with van der Waals surface area (Å²) >= 11 is 3.44. The second kappa shape index (κ2) is 7.05. The van der Waals surface area contributed by atoms with Crippen LogP contribution < -0.4 is 11.3 Å². The van der Waals surface area contributed by atoms with Crippen LogP contribution in [0.5, 0.6) is 0 Å². The summed E-state index contributed by atoms with van der Waals surface area (Å²) in [6.07, 6.45) is 3.33. The number of rotatable bonds is 6. The van der Waals surface area contributed by atoms with Gasteiger partial charge < -0.3 is 0 Å². The Balaban J connectivity index is 2.52. The average Bonchev–Trinajstić information content (AvgIpc) is 2.30. The van der Waals surface area contributed by atoms with Crippen molar-refractivity contribution in [1.82, 2.24) is 5.43 Å². The number of hydrogen-bond donors (Lipinski definition) is 2. The van der Waals surface area contributed by atoms with Crippen LogP contribution in [-0.4, -0.2) is 6.04 Å². The number of hydrogen-bond acceptors (Lipinski definition) is 2. The van der Waals surface area contributed by atoms with Crippen LogP contribution in [0.2, 0.25) is 0 Å². The topological polar surface area (TPSA) is 38.0 Å². The van der Waals surface area contributed by atoms with Crippen LogP contribution in [0.4, 0.5) is 0 Å². The van der Waals surface area contributed by atoms with Gasteiger partial charge in [-0.25, -0.2) is 0 Å². The average molecular weight is 285 g/mol. The highest BCUT2D eigenvalue weighted by molar-refractivity contribution is 9.10. The molecule has 0 aliphatic heterocycles. The van der Waals surface area contributed by atoms with Crippen molar-refractivity contribution in [3.8, 4) is 0 Å². The molecule has 1 rings (SSSR count). The first-order valence-corrected chi connectivity index (χ1v) is 6.65. The molecule has 2 atom stereocenters. The van der Waals surface area contributed by atoms with Crippen LogP contribution in [0.15, 0.2) is 28.7 Å². The van der Waals surface area contributed by atoms with Gasteiger partial charge in [-0.15, -0.1) is 0 Å². The molecule has 0 saturated heterocycles. The SMILES string of the molecule is CCC(C)CC(Cc1ccc(Br)cc1)NN. The summed E-state index contributed by atoms with van der Waals surface area (Å²) in [7, 11) is 0. The summed E-state index contributed by atoms with van der Waals surface area (Å²) in [6, 6.07) is 8.81. The molecule has 0 aliphatic rings. The molecular weight excluding hydrogens is 264 g/mol. The summed E-state index contributed by atoms with van der Waals surface area (Å²) in [5.41, 5.74) is 4.25. The fourth-order valence-electron chi connectivity index (χ4n) is 1.77. The molecule has 1 aromatic carbocycles. The van der Waals surface area contributed by atoms with Crippen LogP contribution in [0.25, 0.3) is 0 Å². The van der Waals surface area contributed by atoms with E-state index >= 15 is 0 Å². The normalized spacial score (nSPS) is 14.8. The van der Waals surface area contributed by atoms with Crippen molar-refractivity contribution in [3.63, 3.8) is 0 Å². The Morgan fingerprint density at radius 2 is 1.94 bits per heavy atom. The zero-order valence-electron chi connectivity index (χ0n) is 10.0. The van der Waals surface area contributed by atoms with E-state index in [1.54, 1.807) is 0 Å². The van der Waals surface area contributed by atoms with Crippen molar-refractivity contribution in [2.75, 3.05) is 0 Å². The summed E-state index contributed by atoms with van der Waals surface area (Å²) in [6.45, 7) is 4.49. The van der Waals surface area contributed by atoms with Gasteiger partial charge in [-0.2, -0.15) is 0 Å². The maximum Gasteiger partial charge on any atom is 0.0253 e. The third kappa shape index (κ3) is 4.64. The number of nitrogens with two attached hydrogens (primary N) is 1. The van der Waals surface area contributed by atoms with E-state index < -0.39 is 0 Å². The predicted molar refractivity (Wildman–Crippen MR) is 73.0 cm³/mol. The highest BCUT2D eigenvalue weighted by Gasteiger charge is 2.11. The molecular formula is C13H21BrN2. The molecule has 0 amide bonds. The molecule has 3 N–H and O–H groups in total. The molecule has 0 fully saturated rings. The summed E-state index contributed by atoms with van der Waals surface area (Å²) < 4.78 is 1.12. The second-order valence-corrected chi connectivity index (χ2v) is 5.36. The predicted octanol–water partition coefficient (Wildman–Crippen LogP) is 3.26. The van der Waals surface area contributed by atoms with Gasteiger partial charge in [0.2, 0.25) is 0 Å². The van der Waals surface area contributed by atoms with Crippen LogP contribution in [0.1, 0.15) is 32.3 Å². The molecule has 0 bridgehead atoms. The summed E-state index contributed by atoms with van der Waals surface area (Å²) in [5.74, 6) is 6.31. The number of benzene rings is 1. The molecule has 16 heavy (non-hydrogen) atoms. The van der Waals surface area contributed by atoms with E-state index in [9.17, 15) is 0 Å². The smallest absolute Gasteiger partial charge is 0.0253 e. The van der Waals surface area contributed by atoms with Gasteiger partial charge in [0, 0.05) is 10.5 Å². The molecule has 0 aliphatic carbocycles. The van der Waals surface area contributed by atoms with Crippen LogP contribution in [0, 0.1) is 5.92 Å².